The molecule has 0 unspecified atom stereocenters. The molecule has 1 aromatic heterocycles. The summed E-state index contributed by atoms with van der Waals surface area (Å²) in [6.45, 7) is 2.93. The number of Topliss-reactive ketones (excluding diaryl/α,β-unsaturated/α-hetero) is 1. The van der Waals surface area contributed by atoms with Crippen molar-refractivity contribution in [2.75, 3.05) is 0 Å². The van der Waals surface area contributed by atoms with Gasteiger partial charge in [-0.3, -0.25) is 19.6 Å². The molecule has 0 fully saturated rings. The Bertz CT molecular complexity index is 741. The van der Waals surface area contributed by atoms with Gasteiger partial charge in [-0.05, 0) is 26.0 Å². The van der Waals surface area contributed by atoms with Gasteiger partial charge in [0.2, 0.25) is 0 Å². The topological polar surface area (TPSA) is 78.0 Å². The third-order valence-electron chi connectivity index (χ3n) is 3.07. The zero-order chi connectivity index (χ0) is 15.7. The largest absolute Gasteiger partial charge is 0.312 e. The number of ketones is 1. The average Bonchev–Trinajstić information content (AvgIpc) is 2.67. The van der Waals surface area contributed by atoms with Crippen molar-refractivity contribution in [2.45, 2.75) is 20.4 Å². The fourth-order valence-corrected chi connectivity index (χ4v) is 2.45. The molecule has 0 amide bonds. The number of nitrogens with zero attached hydrogens (tertiary/aromatic N) is 3. The number of aryl methyl sites for hydroxylation is 1. The lowest BCUT2D eigenvalue weighted by atomic mass is 10.1. The van der Waals surface area contributed by atoms with Gasteiger partial charge in [-0.2, -0.15) is 5.10 Å². The molecule has 1 heterocycles. The minimum atomic E-state index is -0.509. The van der Waals surface area contributed by atoms with E-state index in [4.69, 9.17) is 23.2 Å². The van der Waals surface area contributed by atoms with Crippen LogP contribution in [0.4, 0.5) is 5.69 Å². The van der Waals surface area contributed by atoms with Crippen LogP contribution in [0.3, 0.4) is 0 Å². The van der Waals surface area contributed by atoms with Gasteiger partial charge in [0.1, 0.15) is 17.9 Å². The number of carbonyl (C=O) groups is 1. The molecule has 0 aliphatic carbocycles. The average molecular weight is 328 g/mol. The molecular weight excluding hydrogens is 317 g/mol. The van der Waals surface area contributed by atoms with Gasteiger partial charge in [0.05, 0.1) is 15.0 Å². The Morgan fingerprint density at radius 3 is 2.62 bits per heavy atom. The highest BCUT2D eigenvalue weighted by Crippen LogP contribution is 2.27. The molecule has 110 valence electrons. The minimum Gasteiger partial charge on any atom is -0.292 e. The van der Waals surface area contributed by atoms with Crippen molar-refractivity contribution in [1.29, 1.82) is 0 Å². The highest BCUT2D eigenvalue weighted by molar-refractivity contribution is 6.43. The quantitative estimate of drug-likeness (QED) is 0.488. The number of nitro groups is 1. The van der Waals surface area contributed by atoms with E-state index in [1.165, 1.54) is 11.6 Å². The fourth-order valence-electron chi connectivity index (χ4n) is 2.05. The van der Waals surface area contributed by atoms with Crippen molar-refractivity contribution in [2.24, 2.45) is 0 Å². The number of hydrogen-bond acceptors (Lipinski definition) is 4. The lowest BCUT2D eigenvalue weighted by Crippen LogP contribution is -2.13. The number of hydrogen-bond donors (Lipinski definition) is 0. The second-order valence-electron chi connectivity index (χ2n) is 4.46. The Kier molecular flexibility index (Phi) is 4.29. The molecule has 8 heteroatoms. The van der Waals surface area contributed by atoms with Gasteiger partial charge >= 0.3 is 5.69 Å². The predicted octanol–water partition coefficient (Wildman–Crippen LogP) is 3.60. The smallest absolute Gasteiger partial charge is 0.292 e. The summed E-state index contributed by atoms with van der Waals surface area (Å²) in [5.41, 5.74) is 0.769. The fraction of sp³-hybridized carbons (Fsp3) is 0.231. The zero-order valence-corrected chi connectivity index (χ0v) is 12.8. The van der Waals surface area contributed by atoms with Gasteiger partial charge in [0.25, 0.3) is 0 Å². The first-order valence-corrected chi connectivity index (χ1v) is 6.74. The monoisotopic (exact) mass is 327 g/mol. The maximum Gasteiger partial charge on any atom is 0.312 e. The molecule has 2 aromatic rings. The molecule has 6 nitrogen and oxygen atoms in total. The highest BCUT2D eigenvalue weighted by Gasteiger charge is 2.23. The molecule has 0 aliphatic rings. The molecule has 0 radical (unpaired) electrons. The third kappa shape index (κ3) is 2.91. The Hall–Kier alpha value is -1.92. The second-order valence-corrected chi connectivity index (χ2v) is 5.24. The van der Waals surface area contributed by atoms with E-state index < -0.39 is 4.92 Å². The van der Waals surface area contributed by atoms with E-state index >= 15 is 0 Å². The Morgan fingerprint density at radius 2 is 2.05 bits per heavy atom. The lowest BCUT2D eigenvalue weighted by molar-refractivity contribution is -0.386. The van der Waals surface area contributed by atoms with Crippen molar-refractivity contribution >= 4 is 34.7 Å². The number of aromatic nitrogens is 2. The van der Waals surface area contributed by atoms with Gasteiger partial charge < -0.3 is 0 Å². The van der Waals surface area contributed by atoms with E-state index in [0.717, 1.165) is 0 Å². The summed E-state index contributed by atoms with van der Waals surface area (Å²) in [6.07, 6.45) is 0. The maximum atomic E-state index is 12.3. The summed E-state index contributed by atoms with van der Waals surface area (Å²) in [4.78, 5) is 22.7. The second kappa shape index (κ2) is 5.83. The van der Waals surface area contributed by atoms with Crippen molar-refractivity contribution < 1.29 is 9.72 Å². The summed E-state index contributed by atoms with van der Waals surface area (Å²) >= 11 is 11.9. The summed E-state index contributed by atoms with van der Waals surface area (Å²) in [5, 5.41) is 15.4. The molecule has 0 atom stereocenters. The molecule has 0 saturated carbocycles. The molecule has 0 spiro atoms. The summed E-state index contributed by atoms with van der Waals surface area (Å²) < 4.78 is 1.30. The van der Waals surface area contributed by atoms with Gasteiger partial charge in [0, 0.05) is 5.56 Å². The van der Waals surface area contributed by atoms with Gasteiger partial charge in [0.15, 0.2) is 5.78 Å². The standard InChI is InChI=1S/C13H11Cl2N3O3/c1-7-13(18(20)21)8(2)17(16-7)6-11(19)9-4-3-5-10(14)12(9)15/h3-5H,6H2,1-2H3. The predicted molar refractivity (Wildman–Crippen MR) is 79.1 cm³/mol. The summed E-state index contributed by atoms with van der Waals surface area (Å²) in [6, 6.07) is 4.75. The van der Waals surface area contributed by atoms with Crippen molar-refractivity contribution in [3.05, 3.63) is 55.3 Å². The molecule has 0 aliphatic heterocycles. The van der Waals surface area contributed by atoms with Gasteiger partial charge in [-0.1, -0.05) is 29.3 Å². The Balaban J connectivity index is 2.35. The minimum absolute atomic E-state index is 0.0833. The van der Waals surface area contributed by atoms with Crippen LogP contribution in [-0.2, 0) is 6.54 Å². The Morgan fingerprint density at radius 1 is 1.38 bits per heavy atom. The van der Waals surface area contributed by atoms with E-state index in [0.29, 0.717) is 5.69 Å². The van der Waals surface area contributed by atoms with Gasteiger partial charge in [-0.15, -0.1) is 0 Å². The van der Waals surface area contributed by atoms with E-state index in [-0.39, 0.29) is 39.3 Å². The van der Waals surface area contributed by atoms with E-state index in [1.54, 1.807) is 25.1 Å². The third-order valence-corrected chi connectivity index (χ3v) is 3.89. The van der Waals surface area contributed by atoms with E-state index in [1.807, 2.05) is 0 Å². The van der Waals surface area contributed by atoms with Crippen LogP contribution in [0.25, 0.3) is 0 Å². The van der Waals surface area contributed by atoms with Gasteiger partial charge in [-0.25, -0.2) is 0 Å². The molecule has 1 aromatic carbocycles. The molecule has 21 heavy (non-hydrogen) atoms. The number of carbonyl (C=O) groups excluding carboxylic acids is 1. The van der Waals surface area contributed by atoms with E-state index in [2.05, 4.69) is 5.10 Å². The van der Waals surface area contributed by atoms with Crippen LogP contribution in [0.2, 0.25) is 10.0 Å². The molecule has 0 saturated heterocycles. The van der Waals surface area contributed by atoms with E-state index in [9.17, 15) is 14.9 Å². The highest BCUT2D eigenvalue weighted by atomic mass is 35.5. The van der Waals surface area contributed by atoms with Crippen LogP contribution in [0, 0.1) is 24.0 Å². The zero-order valence-electron chi connectivity index (χ0n) is 11.3. The summed E-state index contributed by atoms with van der Waals surface area (Å²) in [5.74, 6) is -0.317. The first-order chi connectivity index (χ1) is 9.82. The molecule has 0 N–H and O–H groups in total. The lowest BCUT2D eigenvalue weighted by Gasteiger charge is -2.06. The van der Waals surface area contributed by atoms with Crippen LogP contribution in [0.15, 0.2) is 18.2 Å². The molecule has 0 bridgehead atoms. The van der Waals surface area contributed by atoms with Crippen LogP contribution in [-0.4, -0.2) is 20.5 Å². The molecular formula is C13H11Cl2N3O3. The summed E-state index contributed by atoms with van der Waals surface area (Å²) in [7, 11) is 0. The molecule has 2 rings (SSSR count). The van der Waals surface area contributed by atoms with Crippen molar-refractivity contribution in [1.82, 2.24) is 9.78 Å². The van der Waals surface area contributed by atoms with Crippen LogP contribution in [0.5, 0.6) is 0 Å². The first kappa shape index (κ1) is 15.5. The number of halogens is 2. The first-order valence-electron chi connectivity index (χ1n) is 5.98. The SMILES string of the molecule is Cc1nn(CC(=O)c2cccc(Cl)c2Cl)c(C)c1[N+](=O)[O-]. The maximum absolute atomic E-state index is 12.3. The Labute approximate surface area is 130 Å². The van der Waals surface area contributed by atoms with Crippen molar-refractivity contribution in [3.63, 3.8) is 0 Å². The van der Waals surface area contributed by atoms with Crippen molar-refractivity contribution in [3.8, 4) is 0 Å². The normalized spacial score (nSPS) is 10.7. The number of rotatable bonds is 4. The number of benzene rings is 1. The van der Waals surface area contributed by atoms with Crippen LogP contribution < -0.4 is 0 Å². The van der Waals surface area contributed by atoms with Crippen LogP contribution >= 0.6 is 23.2 Å². The van der Waals surface area contributed by atoms with Crippen LogP contribution in [0.1, 0.15) is 21.7 Å².